The number of amides is 1. The molecule has 32 heavy (non-hydrogen) atoms. The lowest BCUT2D eigenvalue weighted by Crippen LogP contribution is -2.33. The van der Waals surface area contributed by atoms with Crippen LogP contribution in [0.3, 0.4) is 0 Å². The van der Waals surface area contributed by atoms with Gasteiger partial charge in [0.1, 0.15) is 11.3 Å². The number of H-pyrrole nitrogens is 2. The first-order valence-corrected chi connectivity index (χ1v) is 10.0. The van der Waals surface area contributed by atoms with Crippen molar-refractivity contribution < 1.29 is 18.0 Å². The minimum Gasteiger partial charge on any atom is -0.361 e. The van der Waals surface area contributed by atoms with E-state index in [4.69, 9.17) is 11.6 Å². The molecule has 5 nitrogen and oxygen atoms in total. The average Bonchev–Trinajstić information content (AvgIpc) is 3.18. The maximum absolute atomic E-state index is 12.8. The second kappa shape index (κ2) is 8.55. The highest BCUT2D eigenvalue weighted by molar-refractivity contribution is 6.31. The van der Waals surface area contributed by atoms with Crippen LogP contribution < -0.4 is 10.9 Å². The van der Waals surface area contributed by atoms with E-state index in [1.807, 2.05) is 42.6 Å². The number of carbonyl (C=O) groups is 1. The van der Waals surface area contributed by atoms with Crippen LogP contribution >= 0.6 is 11.6 Å². The fraction of sp³-hybridized carbons (Fsp3) is 0.130. The Kier molecular flexibility index (Phi) is 5.80. The van der Waals surface area contributed by atoms with Gasteiger partial charge in [0.25, 0.3) is 11.5 Å². The molecule has 0 saturated carbocycles. The molecular formula is C23H17ClF3N3O2. The molecule has 0 bridgehead atoms. The highest BCUT2D eigenvalue weighted by Crippen LogP contribution is 2.34. The third kappa shape index (κ3) is 4.27. The third-order valence-electron chi connectivity index (χ3n) is 5.20. The fourth-order valence-corrected chi connectivity index (χ4v) is 3.90. The number of pyridine rings is 1. The van der Waals surface area contributed by atoms with Crippen molar-refractivity contribution in [2.24, 2.45) is 0 Å². The molecule has 0 spiro atoms. The molecular weight excluding hydrogens is 443 g/mol. The first kappa shape index (κ1) is 21.7. The van der Waals surface area contributed by atoms with Crippen LogP contribution in [0.4, 0.5) is 13.2 Å². The third-order valence-corrected chi connectivity index (χ3v) is 5.55. The van der Waals surface area contributed by atoms with Crippen LogP contribution in [-0.4, -0.2) is 22.4 Å². The Labute approximate surface area is 185 Å². The van der Waals surface area contributed by atoms with Gasteiger partial charge < -0.3 is 15.3 Å². The first-order chi connectivity index (χ1) is 15.3. The van der Waals surface area contributed by atoms with E-state index in [1.165, 1.54) is 0 Å². The minimum atomic E-state index is -4.71. The number of hydrogen-bond donors (Lipinski definition) is 3. The quantitative estimate of drug-likeness (QED) is 0.389. The first-order valence-electron chi connectivity index (χ1n) is 9.65. The predicted molar refractivity (Wildman–Crippen MR) is 116 cm³/mol. The molecule has 1 amide bonds. The van der Waals surface area contributed by atoms with Crippen molar-refractivity contribution in [1.82, 2.24) is 15.3 Å². The van der Waals surface area contributed by atoms with Crippen molar-refractivity contribution in [2.75, 3.05) is 6.54 Å². The summed E-state index contributed by atoms with van der Waals surface area (Å²) in [6.07, 6.45) is -2.88. The molecule has 1 atom stereocenters. The molecule has 2 aromatic carbocycles. The highest BCUT2D eigenvalue weighted by atomic mass is 35.5. The zero-order valence-corrected chi connectivity index (χ0v) is 17.2. The molecule has 2 aromatic heterocycles. The lowest BCUT2D eigenvalue weighted by molar-refractivity contribution is -0.141. The smallest absolute Gasteiger partial charge is 0.361 e. The molecule has 4 aromatic rings. The monoisotopic (exact) mass is 459 g/mol. The predicted octanol–water partition coefficient (Wildman–Crippen LogP) is 5.09. The molecule has 0 radical (unpaired) electrons. The van der Waals surface area contributed by atoms with Gasteiger partial charge in [-0.05, 0) is 35.4 Å². The average molecular weight is 460 g/mol. The van der Waals surface area contributed by atoms with Gasteiger partial charge in [0.15, 0.2) is 0 Å². The summed E-state index contributed by atoms with van der Waals surface area (Å²) in [5.74, 6) is -1.14. The standard InChI is InChI=1S/C23H17ClF3N3O2/c24-18-7-3-1-5-13(18)16(17-11-28-19-8-4-2-6-14(17)19)12-29-21(31)15-9-10-20(23(25,26)27)30-22(15)32/h1-11,16,28H,12H2,(H,29,31)(H,30,32)/t16-/m1/s1. The van der Waals surface area contributed by atoms with Crippen LogP contribution in [0.15, 0.2) is 71.7 Å². The Bertz CT molecular complexity index is 1340. The molecule has 164 valence electrons. The summed E-state index contributed by atoms with van der Waals surface area (Å²) in [4.78, 5) is 29.6. The number of rotatable bonds is 5. The Morgan fingerprint density at radius 2 is 1.72 bits per heavy atom. The number of nitrogens with one attached hydrogen (secondary N) is 3. The van der Waals surface area contributed by atoms with E-state index in [0.29, 0.717) is 11.1 Å². The maximum atomic E-state index is 12.8. The second-order valence-corrected chi connectivity index (χ2v) is 7.59. The summed E-state index contributed by atoms with van der Waals surface area (Å²) in [6.45, 7) is 0.0743. The molecule has 3 N–H and O–H groups in total. The number of benzene rings is 2. The number of aromatic amines is 2. The van der Waals surface area contributed by atoms with Crippen LogP contribution in [0.2, 0.25) is 5.02 Å². The molecule has 0 aliphatic carbocycles. The topological polar surface area (TPSA) is 77.8 Å². The summed E-state index contributed by atoms with van der Waals surface area (Å²) >= 11 is 6.42. The van der Waals surface area contributed by atoms with Crippen LogP contribution in [0.25, 0.3) is 10.9 Å². The van der Waals surface area contributed by atoms with Gasteiger partial charge >= 0.3 is 6.18 Å². The molecule has 4 rings (SSSR count). The lowest BCUT2D eigenvalue weighted by atomic mass is 9.90. The van der Waals surface area contributed by atoms with E-state index >= 15 is 0 Å². The molecule has 2 heterocycles. The zero-order chi connectivity index (χ0) is 22.9. The Morgan fingerprint density at radius 3 is 2.44 bits per heavy atom. The Balaban J connectivity index is 1.65. The summed E-state index contributed by atoms with van der Waals surface area (Å²) < 4.78 is 38.3. The van der Waals surface area contributed by atoms with Crippen molar-refractivity contribution in [2.45, 2.75) is 12.1 Å². The number of hydrogen-bond acceptors (Lipinski definition) is 2. The number of alkyl halides is 3. The second-order valence-electron chi connectivity index (χ2n) is 7.19. The molecule has 0 aliphatic heterocycles. The van der Waals surface area contributed by atoms with Gasteiger partial charge in [0.2, 0.25) is 0 Å². The van der Waals surface area contributed by atoms with Crippen molar-refractivity contribution >= 4 is 28.4 Å². The molecule has 0 unspecified atom stereocenters. The highest BCUT2D eigenvalue weighted by Gasteiger charge is 2.32. The number of halogens is 4. The van der Waals surface area contributed by atoms with E-state index in [-0.39, 0.29) is 12.5 Å². The van der Waals surface area contributed by atoms with E-state index in [1.54, 1.807) is 17.1 Å². The van der Waals surface area contributed by atoms with Gasteiger partial charge in [-0.3, -0.25) is 9.59 Å². The van der Waals surface area contributed by atoms with Gasteiger partial charge in [-0.15, -0.1) is 0 Å². The molecule has 0 aliphatic rings. The fourth-order valence-electron chi connectivity index (χ4n) is 3.64. The van der Waals surface area contributed by atoms with Gasteiger partial charge in [-0.1, -0.05) is 48.0 Å². The van der Waals surface area contributed by atoms with Gasteiger partial charge in [-0.2, -0.15) is 13.2 Å². The molecule has 0 saturated heterocycles. The van der Waals surface area contributed by atoms with Crippen LogP contribution in [0.1, 0.15) is 33.1 Å². The normalized spacial score (nSPS) is 12.6. The van der Waals surface area contributed by atoms with Crippen LogP contribution in [0.5, 0.6) is 0 Å². The van der Waals surface area contributed by atoms with E-state index < -0.39 is 28.9 Å². The number of carbonyl (C=O) groups excluding carboxylic acids is 1. The summed E-state index contributed by atoms with van der Waals surface area (Å²) in [5.41, 5.74) is -0.179. The van der Waals surface area contributed by atoms with Crippen LogP contribution in [0, 0.1) is 0 Å². The Morgan fingerprint density at radius 1 is 1.00 bits per heavy atom. The maximum Gasteiger partial charge on any atom is 0.431 e. The molecule has 9 heteroatoms. The SMILES string of the molecule is O=C(NC[C@H](c1ccccc1Cl)c1c[nH]c2ccccc12)c1ccc(C(F)(F)F)[nH]c1=O. The minimum absolute atomic E-state index is 0.0743. The van der Waals surface area contributed by atoms with Crippen molar-refractivity contribution in [1.29, 1.82) is 0 Å². The van der Waals surface area contributed by atoms with Crippen molar-refractivity contribution in [3.05, 3.63) is 105 Å². The van der Waals surface area contributed by atoms with E-state index in [0.717, 1.165) is 28.1 Å². The van der Waals surface area contributed by atoms with Gasteiger partial charge in [0.05, 0.1) is 0 Å². The molecule has 0 fully saturated rings. The number of aromatic nitrogens is 2. The summed E-state index contributed by atoms with van der Waals surface area (Å²) in [7, 11) is 0. The van der Waals surface area contributed by atoms with Crippen molar-refractivity contribution in [3.8, 4) is 0 Å². The van der Waals surface area contributed by atoms with Gasteiger partial charge in [0, 0.05) is 34.6 Å². The summed E-state index contributed by atoms with van der Waals surface area (Å²) in [6, 6.07) is 16.4. The van der Waals surface area contributed by atoms with E-state index in [9.17, 15) is 22.8 Å². The lowest BCUT2D eigenvalue weighted by Gasteiger charge is -2.19. The number of fused-ring (bicyclic) bond motifs is 1. The zero-order valence-electron chi connectivity index (χ0n) is 16.5. The van der Waals surface area contributed by atoms with E-state index in [2.05, 4.69) is 10.3 Å². The van der Waals surface area contributed by atoms with Crippen LogP contribution in [-0.2, 0) is 6.18 Å². The van der Waals surface area contributed by atoms with Crippen molar-refractivity contribution in [3.63, 3.8) is 0 Å². The summed E-state index contributed by atoms with van der Waals surface area (Å²) in [5, 5.41) is 4.11. The Hall–Kier alpha value is -3.52. The van der Waals surface area contributed by atoms with Gasteiger partial charge in [-0.25, -0.2) is 0 Å². The number of para-hydroxylation sites is 1. The largest absolute Gasteiger partial charge is 0.431 e.